The summed E-state index contributed by atoms with van der Waals surface area (Å²) in [5.74, 6) is 1.25. The fourth-order valence-electron chi connectivity index (χ4n) is 2.47. The van der Waals surface area contributed by atoms with Crippen molar-refractivity contribution in [3.63, 3.8) is 0 Å². The number of ether oxygens (including phenoxy) is 2. The summed E-state index contributed by atoms with van der Waals surface area (Å²) in [6, 6.07) is 11.5. The molecule has 0 saturated carbocycles. The Morgan fingerprint density at radius 1 is 1.15 bits per heavy atom. The number of fused-ring (bicyclic) bond motifs is 1. The number of rotatable bonds is 6. The third-order valence-corrected chi connectivity index (χ3v) is 5.00. The Balaban J connectivity index is 1.68. The van der Waals surface area contributed by atoms with Gasteiger partial charge in [-0.15, -0.1) is 0 Å². The Bertz CT molecular complexity index is 936. The number of hydrogen-bond donors (Lipinski definition) is 1. The van der Waals surface area contributed by atoms with E-state index >= 15 is 0 Å². The van der Waals surface area contributed by atoms with Gasteiger partial charge in [-0.3, -0.25) is 10.1 Å². The predicted molar refractivity (Wildman–Crippen MR) is 105 cm³/mol. The first-order valence-corrected chi connectivity index (χ1v) is 9.36. The van der Waals surface area contributed by atoms with Gasteiger partial charge in [0.25, 0.3) is 5.91 Å². The Kier molecular flexibility index (Phi) is 5.42. The van der Waals surface area contributed by atoms with Gasteiger partial charge >= 0.3 is 0 Å². The number of aryl methyl sites for hydroxylation is 2. The van der Waals surface area contributed by atoms with Crippen LogP contribution in [0.3, 0.4) is 0 Å². The Morgan fingerprint density at radius 2 is 1.92 bits per heavy atom. The number of aromatic nitrogens is 1. The highest BCUT2D eigenvalue weighted by Crippen LogP contribution is 2.29. The maximum atomic E-state index is 12.4. The number of nitrogens with one attached hydrogen (secondary N) is 1. The van der Waals surface area contributed by atoms with Crippen molar-refractivity contribution in [3.05, 3.63) is 47.5 Å². The fraction of sp³-hybridized carbons (Fsp3) is 0.300. The van der Waals surface area contributed by atoms with Crippen LogP contribution in [0.2, 0.25) is 0 Å². The molecule has 1 N–H and O–H groups in total. The summed E-state index contributed by atoms with van der Waals surface area (Å²) < 4.78 is 12.2. The van der Waals surface area contributed by atoms with E-state index in [-0.39, 0.29) is 5.91 Å². The van der Waals surface area contributed by atoms with E-state index in [0.717, 1.165) is 21.5 Å². The van der Waals surface area contributed by atoms with Gasteiger partial charge < -0.3 is 9.47 Å². The molecule has 0 aliphatic carbocycles. The average Bonchev–Trinajstić information content (AvgIpc) is 3.00. The summed E-state index contributed by atoms with van der Waals surface area (Å²) in [6.07, 6.45) is -0.622. The van der Waals surface area contributed by atoms with Crippen molar-refractivity contribution in [1.82, 2.24) is 4.98 Å². The molecule has 6 heteroatoms. The molecular formula is C20H22N2O3S. The van der Waals surface area contributed by atoms with Gasteiger partial charge in [0.2, 0.25) is 0 Å². The van der Waals surface area contributed by atoms with Crippen molar-refractivity contribution in [2.75, 3.05) is 11.9 Å². The van der Waals surface area contributed by atoms with Gasteiger partial charge in [-0.25, -0.2) is 4.98 Å². The summed E-state index contributed by atoms with van der Waals surface area (Å²) >= 11 is 1.42. The van der Waals surface area contributed by atoms with Crippen LogP contribution in [0.1, 0.15) is 25.0 Å². The molecule has 3 aromatic rings. The van der Waals surface area contributed by atoms with E-state index in [4.69, 9.17) is 9.47 Å². The van der Waals surface area contributed by atoms with Crippen LogP contribution in [-0.2, 0) is 4.79 Å². The number of hydrogen-bond acceptors (Lipinski definition) is 5. The van der Waals surface area contributed by atoms with Gasteiger partial charge in [0.05, 0.1) is 16.8 Å². The van der Waals surface area contributed by atoms with E-state index in [9.17, 15) is 4.79 Å². The lowest BCUT2D eigenvalue weighted by Crippen LogP contribution is -2.30. The van der Waals surface area contributed by atoms with Gasteiger partial charge in [-0.2, -0.15) is 0 Å². The van der Waals surface area contributed by atoms with Gasteiger partial charge in [-0.05, 0) is 69.2 Å². The molecule has 0 aliphatic rings. The topological polar surface area (TPSA) is 60.5 Å². The molecule has 3 rings (SSSR count). The summed E-state index contributed by atoms with van der Waals surface area (Å²) in [5, 5.41) is 3.38. The van der Waals surface area contributed by atoms with Crippen molar-refractivity contribution < 1.29 is 14.3 Å². The Morgan fingerprint density at radius 3 is 2.65 bits per heavy atom. The SMILES string of the molecule is CCOc1ccc2nc(NC(=O)C(C)Oc3ccc(C)c(C)c3)sc2c1. The van der Waals surface area contributed by atoms with Gasteiger partial charge in [0.15, 0.2) is 11.2 Å². The minimum Gasteiger partial charge on any atom is -0.494 e. The first-order valence-electron chi connectivity index (χ1n) is 8.54. The molecule has 1 amide bonds. The van der Waals surface area contributed by atoms with Crippen molar-refractivity contribution in [1.29, 1.82) is 0 Å². The lowest BCUT2D eigenvalue weighted by molar-refractivity contribution is -0.122. The van der Waals surface area contributed by atoms with E-state index in [1.165, 1.54) is 16.9 Å². The molecule has 0 spiro atoms. The zero-order chi connectivity index (χ0) is 18.7. The second kappa shape index (κ2) is 7.74. The normalized spacial score (nSPS) is 12.0. The Labute approximate surface area is 157 Å². The van der Waals surface area contributed by atoms with E-state index < -0.39 is 6.10 Å². The highest BCUT2D eigenvalue weighted by molar-refractivity contribution is 7.22. The van der Waals surface area contributed by atoms with Crippen LogP contribution in [0.15, 0.2) is 36.4 Å². The molecule has 0 aliphatic heterocycles. The third-order valence-electron chi connectivity index (χ3n) is 4.06. The van der Waals surface area contributed by atoms with E-state index in [1.807, 2.05) is 57.2 Å². The first kappa shape index (κ1) is 18.2. The molecule has 136 valence electrons. The fourth-order valence-corrected chi connectivity index (χ4v) is 3.36. The van der Waals surface area contributed by atoms with Crippen LogP contribution in [0.5, 0.6) is 11.5 Å². The molecule has 2 aromatic carbocycles. The highest BCUT2D eigenvalue weighted by Gasteiger charge is 2.17. The van der Waals surface area contributed by atoms with Crippen LogP contribution in [0.4, 0.5) is 5.13 Å². The molecule has 26 heavy (non-hydrogen) atoms. The van der Waals surface area contributed by atoms with Crippen LogP contribution in [-0.4, -0.2) is 23.6 Å². The molecule has 0 saturated heterocycles. The third kappa shape index (κ3) is 4.14. The van der Waals surface area contributed by atoms with E-state index in [2.05, 4.69) is 10.3 Å². The minimum absolute atomic E-state index is 0.229. The van der Waals surface area contributed by atoms with Gasteiger partial charge in [0.1, 0.15) is 11.5 Å². The lowest BCUT2D eigenvalue weighted by atomic mass is 10.1. The highest BCUT2D eigenvalue weighted by atomic mass is 32.1. The van der Waals surface area contributed by atoms with Crippen LogP contribution in [0, 0.1) is 13.8 Å². The number of anilines is 1. The number of carbonyl (C=O) groups excluding carboxylic acids is 1. The van der Waals surface area contributed by atoms with Crippen LogP contribution in [0.25, 0.3) is 10.2 Å². The summed E-state index contributed by atoms with van der Waals surface area (Å²) in [7, 11) is 0. The maximum absolute atomic E-state index is 12.4. The lowest BCUT2D eigenvalue weighted by Gasteiger charge is -2.14. The molecule has 1 heterocycles. The summed E-state index contributed by atoms with van der Waals surface area (Å²) in [4.78, 5) is 16.9. The van der Waals surface area contributed by atoms with Crippen LogP contribution >= 0.6 is 11.3 Å². The molecule has 0 fully saturated rings. The van der Waals surface area contributed by atoms with Crippen molar-refractivity contribution in [2.45, 2.75) is 33.8 Å². The van der Waals surface area contributed by atoms with E-state index in [1.54, 1.807) is 6.92 Å². The summed E-state index contributed by atoms with van der Waals surface area (Å²) in [6.45, 7) is 8.34. The number of amides is 1. The summed E-state index contributed by atoms with van der Waals surface area (Å²) in [5.41, 5.74) is 3.15. The largest absolute Gasteiger partial charge is 0.494 e. The van der Waals surface area contributed by atoms with E-state index in [0.29, 0.717) is 17.5 Å². The number of carbonyl (C=O) groups is 1. The molecule has 1 aromatic heterocycles. The number of nitrogens with zero attached hydrogens (tertiary/aromatic N) is 1. The van der Waals surface area contributed by atoms with Crippen LogP contribution < -0.4 is 14.8 Å². The number of benzene rings is 2. The second-order valence-corrected chi connectivity index (χ2v) is 7.11. The molecule has 5 nitrogen and oxygen atoms in total. The monoisotopic (exact) mass is 370 g/mol. The smallest absolute Gasteiger partial charge is 0.266 e. The zero-order valence-corrected chi connectivity index (χ0v) is 16.1. The van der Waals surface area contributed by atoms with Crippen molar-refractivity contribution in [3.8, 4) is 11.5 Å². The second-order valence-electron chi connectivity index (χ2n) is 6.08. The first-order chi connectivity index (χ1) is 12.5. The minimum atomic E-state index is -0.622. The van der Waals surface area contributed by atoms with Gasteiger partial charge in [-0.1, -0.05) is 17.4 Å². The zero-order valence-electron chi connectivity index (χ0n) is 15.3. The molecule has 1 unspecified atom stereocenters. The molecular weight excluding hydrogens is 348 g/mol. The van der Waals surface area contributed by atoms with Crippen molar-refractivity contribution >= 4 is 32.6 Å². The number of thiazole rings is 1. The maximum Gasteiger partial charge on any atom is 0.266 e. The molecule has 1 atom stereocenters. The molecule has 0 radical (unpaired) electrons. The molecule has 0 bridgehead atoms. The standard InChI is InChI=1S/C20H22N2O3S/c1-5-24-15-8-9-17-18(11-15)26-20(21-17)22-19(23)14(4)25-16-7-6-12(2)13(3)10-16/h6-11,14H,5H2,1-4H3,(H,21,22,23). The Hall–Kier alpha value is -2.60. The predicted octanol–water partition coefficient (Wildman–Crippen LogP) is 4.72. The van der Waals surface area contributed by atoms with Gasteiger partial charge in [0, 0.05) is 0 Å². The average molecular weight is 370 g/mol. The quantitative estimate of drug-likeness (QED) is 0.682. The van der Waals surface area contributed by atoms with Crippen molar-refractivity contribution in [2.24, 2.45) is 0 Å².